The third-order valence-electron chi connectivity index (χ3n) is 9.04. The second kappa shape index (κ2) is 10.7. The van der Waals surface area contributed by atoms with E-state index in [2.05, 4.69) is 16.5 Å². The van der Waals surface area contributed by atoms with Crippen LogP contribution in [0.3, 0.4) is 0 Å². The van der Waals surface area contributed by atoms with Gasteiger partial charge in [-0.3, -0.25) is 9.69 Å². The predicted octanol–water partition coefficient (Wildman–Crippen LogP) is 5.78. The van der Waals surface area contributed by atoms with Crippen molar-refractivity contribution in [2.75, 3.05) is 38.2 Å². The monoisotopic (exact) mass is 607 g/mol. The van der Waals surface area contributed by atoms with Crippen molar-refractivity contribution < 1.29 is 22.7 Å². The van der Waals surface area contributed by atoms with Crippen molar-refractivity contribution in [1.82, 2.24) is 19.8 Å². The van der Waals surface area contributed by atoms with Crippen LogP contribution < -0.4 is 9.64 Å². The van der Waals surface area contributed by atoms with Crippen molar-refractivity contribution in [1.29, 1.82) is 0 Å². The topological polar surface area (TPSA) is 61.8 Å². The summed E-state index contributed by atoms with van der Waals surface area (Å²) >= 11 is 6.38. The molecule has 3 aromatic carbocycles. The third kappa shape index (κ3) is 4.67. The van der Waals surface area contributed by atoms with Crippen molar-refractivity contribution in [3.63, 3.8) is 0 Å². The number of fused-ring (bicyclic) bond motifs is 3. The maximum Gasteiger partial charge on any atom is 0.319 e. The lowest BCUT2D eigenvalue weighted by Crippen LogP contribution is -2.63. The van der Waals surface area contributed by atoms with E-state index < -0.39 is 17.8 Å². The molecular weight excluding hydrogens is 579 g/mol. The molecule has 222 valence electrons. The molecule has 4 heterocycles. The Morgan fingerprint density at radius 3 is 2.72 bits per heavy atom. The van der Waals surface area contributed by atoms with Crippen LogP contribution in [0.1, 0.15) is 12.8 Å². The van der Waals surface area contributed by atoms with E-state index in [0.717, 1.165) is 6.42 Å². The number of alkyl halides is 1. The minimum atomic E-state index is -0.920. The van der Waals surface area contributed by atoms with Gasteiger partial charge in [0.05, 0.1) is 22.6 Å². The summed E-state index contributed by atoms with van der Waals surface area (Å²) in [7, 11) is 1.85. The molecule has 4 aromatic rings. The molecule has 11 heteroatoms. The second-order valence-electron chi connectivity index (χ2n) is 11.5. The van der Waals surface area contributed by atoms with Gasteiger partial charge in [0.15, 0.2) is 0 Å². The zero-order valence-corrected chi connectivity index (χ0v) is 24.2. The number of likely N-dealkylation sites (N-methyl/N-ethyl adjacent to an activating group) is 1. The summed E-state index contributed by atoms with van der Waals surface area (Å²) in [6.45, 7) is 5.26. The van der Waals surface area contributed by atoms with Crippen LogP contribution in [0.15, 0.2) is 55.1 Å². The number of rotatable bonds is 6. The highest BCUT2D eigenvalue weighted by Gasteiger charge is 2.49. The highest BCUT2D eigenvalue weighted by Crippen LogP contribution is 2.42. The van der Waals surface area contributed by atoms with Crippen molar-refractivity contribution in [3.8, 4) is 17.1 Å². The molecule has 1 unspecified atom stereocenters. The molecule has 0 aliphatic carbocycles. The largest absolute Gasteiger partial charge is 0.462 e. The Balaban J connectivity index is 1.32. The molecule has 1 aromatic heterocycles. The van der Waals surface area contributed by atoms with Crippen LogP contribution >= 0.6 is 11.6 Å². The summed E-state index contributed by atoms with van der Waals surface area (Å²) in [5.74, 6) is -0.739. The number of likely N-dealkylation sites (tertiary alicyclic amines) is 2. The van der Waals surface area contributed by atoms with Crippen molar-refractivity contribution in [2.24, 2.45) is 0 Å². The zero-order valence-electron chi connectivity index (χ0n) is 23.4. The van der Waals surface area contributed by atoms with Gasteiger partial charge in [0.2, 0.25) is 5.91 Å². The SMILES string of the molecule is C=CC(=O)N1CCC2[C@H]1CN2c1nc(OC[C@@H]2C[C@@H](F)CN2C)nc2cc(-c3cccc4ccc(F)c(Cl)c34)c(F)cc12. The molecule has 0 N–H and O–H groups in total. The van der Waals surface area contributed by atoms with Crippen molar-refractivity contribution in [2.45, 2.75) is 37.1 Å². The molecule has 7 rings (SSSR count). The number of hydrogen-bond acceptors (Lipinski definition) is 6. The molecule has 3 fully saturated rings. The molecule has 3 aliphatic rings. The number of hydrogen-bond donors (Lipinski definition) is 0. The lowest BCUT2D eigenvalue weighted by Gasteiger charge is -2.47. The second-order valence-corrected chi connectivity index (χ2v) is 11.9. The summed E-state index contributed by atoms with van der Waals surface area (Å²) in [5.41, 5.74) is 1.08. The molecule has 3 saturated heterocycles. The van der Waals surface area contributed by atoms with Gasteiger partial charge < -0.3 is 14.5 Å². The number of carbonyl (C=O) groups is 1. The number of benzene rings is 3. The van der Waals surface area contributed by atoms with Crippen LogP contribution in [0.4, 0.5) is 19.0 Å². The highest BCUT2D eigenvalue weighted by atomic mass is 35.5. The first-order valence-electron chi connectivity index (χ1n) is 14.3. The van der Waals surface area contributed by atoms with Gasteiger partial charge in [-0.15, -0.1) is 0 Å². The predicted molar refractivity (Wildman–Crippen MR) is 160 cm³/mol. The first kappa shape index (κ1) is 27.9. The summed E-state index contributed by atoms with van der Waals surface area (Å²) in [6, 6.07) is 11.1. The van der Waals surface area contributed by atoms with Crippen LogP contribution in [0.2, 0.25) is 5.02 Å². The maximum absolute atomic E-state index is 16.0. The lowest BCUT2D eigenvalue weighted by molar-refractivity contribution is -0.127. The Kier molecular flexibility index (Phi) is 6.93. The molecule has 4 atom stereocenters. The molecule has 0 saturated carbocycles. The summed E-state index contributed by atoms with van der Waals surface area (Å²) < 4.78 is 50.5. The number of carbonyl (C=O) groups excluding carboxylic acids is 1. The maximum atomic E-state index is 16.0. The van der Waals surface area contributed by atoms with Crippen LogP contribution in [0, 0.1) is 11.6 Å². The van der Waals surface area contributed by atoms with E-state index in [4.69, 9.17) is 21.3 Å². The number of nitrogens with zero attached hydrogens (tertiary/aromatic N) is 5. The summed E-state index contributed by atoms with van der Waals surface area (Å²) in [6.07, 6.45) is 1.49. The van der Waals surface area contributed by atoms with Gasteiger partial charge in [0.25, 0.3) is 0 Å². The average molecular weight is 608 g/mol. The standard InChI is InChI=1S/C32H29ClF3N5O2/c1-3-28(42)40-10-9-26-27(40)15-41(26)31-22-12-24(36)21(20-6-4-5-17-7-8-23(35)30(33)29(17)20)13-25(22)37-32(38-31)43-16-19-11-18(34)14-39(19)2/h3-8,12-13,18-19,26-27H,1,9-11,14-16H2,2H3/t18-,19+,26?,27-/m1/s1. The van der Waals surface area contributed by atoms with Gasteiger partial charge in [-0.1, -0.05) is 42.4 Å². The van der Waals surface area contributed by atoms with Crippen LogP contribution in [-0.4, -0.2) is 83.3 Å². The minimum absolute atomic E-state index is 0.00495. The van der Waals surface area contributed by atoms with Gasteiger partial charge in [-0.2, -0.15) is 9.97 Å². The highest BCUT2D eigenvalue weighted by molar-refractivity contribution is 6.37. The fourth-order valence-corrected chi connectivity index (χ4v) is 7.04. The Morgan fingerprint density at radius 1 is 1.12 bits per heavy atom. The number of ether oxygens (including phenoxy) is 1. The molecule has 0 bridgehead atoms. The Hall–Kier alpha value is -3.89. The van der Waals surface area contributed by atoms with Crippen LogP contribution in [0.25, 0.3) is 32.8 Å². The van der Waals surface area contributed by atoms with E-state index in [0.29, 0.717) is 59.1 Å². The van der Waals surface area contributed by atoms with Gasteiger partial charge >= 0.3 is 6.01 Å². The first-order valence-corrected chi connectivity index (χ1v) is 14.7. The summed E-state index contributed by atoms with van der Waals surface area (Å²) in [4.78, 5) is 27.5. The van der Waals surface area contributed by atoms with E-state index in [1.165, 1.54) is 18.2 Å². The van der Waals surface area contributed by atoms with E-state index >= 15 is 4.39 Å². The van der Waals surface area contributed by atoms with Gasteiger partial charge in [-0.25, -0.2) is 13.2 Å². The number of halogens is 4. The summed E-state index contributed by atoms with van der Waals surface area (Å²) in [5, 5.41) is 1.48. The fourth-order valence-electron chi connectivity index (χ4n) is 6.77. The molecule has 3 aliphatic heterocycles. The van der Waals surface area contributed by atoms with E-state index in [-0.39, 0.29) is 47.2 Å². The molecule has 0 spiro atoms. The normalized spacial score (nSPS) is 23.6. The minimum Gasteiger partial charge on any atom is -0.462 e. The van der Waals surface area contributed by atoms with E-state index in [9.17, 15) is 13.6 Å². The van der Waals surface area contributed by atoms with Crippen LogP contribution in [0.5, 0.6) is 6.01 Å². The molecule has 1 amide bonds. The average Bonchev–Trinajstić information content (AvgIpc) is 3.49. The van der Waals surface area contributed by atoms with E-state index in [1.807, 2.05) is 11.9 Å². The first-order chi connectivity index (χ1) is 20.7. The number of anilines is 1. The van der Waals surface area contributed by atoms with Crippen molar-refractivity contribution in [3.05, 3.63) is 71.8 Å². The quantitative estimate of drug-likeness (QED) is 0.259. The number of amides is 1. The Morgan fingerprint density at radius 2 is 1.95 bits per heavy atom. The molecule has 7 nitrogen and oxygen atoms in total. The van der Waals surface area contributed by atoms with Gasteiger partial charge in [0, 0.05) is 42.0 Å². The van der Waals surface area contributed by atoms with Crippen LogP contribution in [-0.2, 0) is 4.79 Å². The zero-order chi connectivity index (χ0) is 30.0. The lowest BCUT2D eigenvalue weighted by atomic mass is 9.94. The molecule has 43 heavy (non-hydrogen) atoms. The Bertz CT molecular complexity index is 1790. The van der Waals surface area contributed by atoms with Crippen molar-refractivity contribution >= 4 is 45.0 Å². The molecule has 0 radical (unpaired) electrons. The van der Waals surface area contributed by atoms with E-state index in [1.54, 1.807) is 35.2 Å². The van der Waals surface area contributed by atoms with Gasteiger partial charge in [0.1, 0.15) is 30.2 Å². The third-order valence-corrected chi connectivity index (χ3v) is 9.40. The Labute approximate surface area is 251 Å². The smallest absolute Gasteiger partial charge is 0.319 e. The number of aromatic nitrogens is 2. The molecular formula is C32H29ClF3N5O2. The fraction of sp³-hybridized carbons (Fsp3) is 0.344. The van der Waals surface area contributed by atoms with Gasteiger partial charge in [-0.05, 0) is 55.1 Å².